The van der Waals surface area contributed by atoms with Gasteiger partial charge in [0.25, 0.3) is 0 Å². The highest BCUT2D eigenvalue weighted by molar-refractivity contribution is 6.35. The summed E-state index contributed by atoms with van der Waals surface area (Å²) in [6.45, 7) is 2.33. The van der Waals surface area contributed by atoms with Crippen LogP contribution < -0.4 is 4.74 Å². The minimum Gasteiger partial charge on any atom is -0.489 e. The Bertz CT molecular complexity index is 976. The van der Waals surface area contributed by atoms with Gasteiger partial charge in [0, 0.05) is 21.2 Å². The van der Waals surface area contributed by atoms with Gasteiger partial charge in [-0.25, -0.2) is 0 Å². The molecule has 0 radical (unpaired) electrons. The summed E-state index contributed by atoms with van der Waals surface area (Å²) in [5.41, 5.74) is 3.54. The molecule has 0 aliphatic rings. The lowest BCUT2D eigenvalue weighted by molar-refractivity contribution is 0.104. The van der Waals surface area contributed by atoms with Crippen LogP contribution in [0.4, 0.5) is 0 Å². The van der Waals surface area contributed by atoms with Crippen LogP contribution in [0.3, 0.4) is 0 Å². The molecule has 0 aliphatic heterocycles. The normalized spacial score (nSPS) is 10.9. The van der Waals surface area contributed by atoms with Gasteiger partial charge in [0.1, 0.15) is 12.4 Å². The standard InChI is InChI=1S/C23H18Cl2O2/c1-16-5-8-18(9-6-16)23(26)12-7-17-3-2-4-21(13-17)27-15-19-10-11-20(24)14-22(19)25/h2-14H,15H2,1H3/b12-7+. The Morgan fingerprint density at radius 2 is 1.78 bits per heavy atom. The quantitative estimate of drug-likeness (QED) is 0.339. The lowest BCUT2D eigenvalue weighted by Crippen LogP contribution is -1.96. The van der Waals surface area contributed by atoms with Crippen LogP contribution in [0.25, 0.3) is 6.08 Å². The number of halogens is 2. The van der Waals surface area contributed by atoms with Crippen LogP contribution in [0.2, 0.25) is 10.0 Å². The number of ketones is 1. The molecule has 27 heavy (non-hydrogen) atoms. The summed E-state index contributed by atoms with van der Waals surface area (Å²) in [6, 6.07) is 20.4. The van der Waals surface area contributed by atoms with Crippen LogP contribution >= 0.6 is 23.2 Å². The third-order valence-corrected chi connectivity index (χ3v) is 4.62. The highest BCUT2D eigenvalue weighted by Gasteiger charge is 2.04. The average molecular weight is 397 g/mol. The van der Waals surface area contributed by atoms with Crippen LogP contribution in [0, 0.1) is 6.92 Å². The van der Waals surface area contributed by atoms with Gasteiger partial charge in [0.05, 0.1) is 0 Å². The first kappa shape index (κ1) is 19.2. The summed E-state index contributed by atoms with van der Waals surface area (Å²) >= 11 is 12.1. The number of hydrogen-bond acceptors (Lipinski definition) is 2. The minimum absolute atomic E-state index is 0.0331. The van der Waals surface area contributed by atoms with Crippen LogP contribution in [0.5, 0.6) is 5.75 Å². The maximum absolute atomic E-state index is 12.2. The van der Waals surface area contributed by atoms with Crippen LogP contribution in [0.1, 0.15) is 27.0 Å². The van der Waals surface area contributed by atoms with Gasteiger partial charge in [-0.05, 0) is 42.8 Å². The molecule has 0 saturated heterocycles. The van der Waals surface area contributed by atoms with E-state index in [0.717, 1.165) is 16.7 Å². The smallest absolute Gasteiger partial charge is 0.185 e. The zero-order valence-corrected chi connectivity index (χ0v) is 16.3. The molecule has 136 valence electrons. The van der Waals surface area contributed by atoms with Crippen LogP contribution in [0.15, 0.2) is 72.8 Å². The molecule has 0 aromatic heterocycles. The van der Waals surface area contributed by atoms with Crippen molar-refractivity contribution in [2.45, 2.75) is 13.5 Å². The second-order valence-electron chi connectivity index (χ2n) is 6.16. The Morgan fingerprint density at radius 1 is 1.00 bits per heavy atom. The lowest BCUT2D eigenvalue weighted by atomic mass is 10.1. The van der Waals surface area contributed by atoms with E-state index in [1.54, 1.807) is 24.3 Å². The molecule has 0 heterocycles. The predicted molar refractivity (Wildman–Crippen MR) is 112 cm³/mol. The Labute approximate surface area is 169 Å². The number of allylic oxidation sites excluding steroid dienone is 1. The number of benzene rings is 3. The highest BCUT2D eigenvalue weighted by atomic mass is 35.5. The SMILES string of the molecule is Cc1ccc(C(=O)/C=C/c2cccc(OCc3ccc(Cl)cc3Cl)c2)cc1. The van der Waals surface area contributed by atoms with Gasteiger partial charge < -0.3 is 4.74 Å². The highest BCUT2D eigenvalue weighted by Crippen LogP contribution is 2.23. The molecule has 3 aromatic rings. The monoisotopic (exact) mass is 396 g/mol. The zero-order chi connectivity index (χ0) is 19.2. The van der Waals surface area contributed by atoms with Gasteiger partial charge in [0.2, 0.25) is 0 Å². The molecule has 0 amide bonds. The fourth-order valence-electron chi connectivity index (χ4n) is 2.49. The second-order valence-corrected chi connectivity index (χ2v) is 7.00. The molecule has 0 unspecified atom stereocenters. The first-order valence-corrected chi connectivity index (χ1v) is 9.23. The Morgan fingerprint density at radius 3 is 2.52 bits per heavy atom. The van der Waals surface area contributed by atoms with Gasteiger partial charge in [-0.1, -0.05) is 77.3 Å². The van der Waals surface area contributed by atoms with E-state index in [2.05, 4.69) is 0 Å². The van der Waals surface area contributed by atoms with Gasteiger partial charge in [-0.2, -0.15) is 0 Å². The number of hydrogen-bond donors (Lipinski definition) is 0. The number of carbonyl (C=O) groups excluding carboxylic acids is 1. The Hall–Kier alpha value is -2.55. The third kappa shape index (κ3) is 5.46. The predicted octanol–water partition coefficient (Wildman–Crippen LogP) is 6.78. The maximum atomic E-state index is 12.2. The van der Waals surface area contributed by atoms with Crippen molar-refractivity contribution in [2.24, 2.45) is 0 Å². The number of carbonyl (C=O) groups is 1. The van der Waals surface area contributed by atoms with Crippen molar-refractivity contribution in [3.63, 3.8) is 0 Å². The van der Waals surface area contributed by atoms with Crippen LogP contribution in [-0.4, -0.2) is 5.78 Å². The van der Waals surface area contributed by atoms with Crippen molar-refractivity contribution in [1.82, 2.24) is 0 Å². The molecule has 3 aromatic carbocycles. The molecule has 2 nitrogen and oxygen atoms in total. The first-order chi connectivity index (χ1) is 13.0. The van der Waals surface area contributed by atoms with Gasteiger partial charge in [0.15, 0.2) is 5.78 Å². The topological polar surface area (TPSA) is 26.3 Å². The summed E-state index contributed by atoms with van der Waals surface area (Å²) < 4.78 is 5.81. The summed E-state index contributed by atoms with van der Waals surface area (Å²) in [5, 5.41) is 1.16. The van der Waals surface area contributed by atoms with Crippen molar-refractivity contribution in [1.29, 1.82) is 0 Å². The van der Waals surface area contributed by atoms with Gasteiger partial charge in [-0.3, -0.25) is 4.79 Å². The van der Waals surface area contributed by atoms with Crippen molar-refractivity contribution < 1.29 is 9.53 Å². The molecule has 0 fully saturated rings. The summed E-state index contributed by atoms with van der Waals surface area (Å²) in [6.07, 6.45) is 3.35. The molecule has 3 rings (SSSR count). The molecule has 0 aliphatic carbocycles. The summed E-state index contributed by atoms with van der Waals surface area (Å²) in [7, 11) is 0. The van der Waals surface area contributed by atoms with Gasteiger partial charge in [-0.15, -0.1) is 0 Å². The summed E-state index contributed by atoms with van der Waals surface area (Å²) in [4.78, 5) is 12.2. The summed E-state index contributed by atoms with van der Waals surface area (Å²) in [5.74, 6) is 0.667. The van der Waals surface area contributed by atoms with Crippen molar-refractivity contribution in [3.05, 3.63) is 105 Å². The number of ether oxygens (including phenoxy) is 1. The van der Waals surface area contributed by atoms with Crippen molar-refractivity contribution in [3.8, 4) is 5.75 Å². The van der Waals surface area contributed by atoms with E-state index in [0.29, 0.717) is 28.0 Å². The molecule has 0 N–H and O–H groups in total. The van der Waals surface area contributed by atoms with E-state index >= 15 is 0 Å². The Kier molecular flexibility index (Phi) is 6.33. The van der Waals surface area contributed by atoms with E-state index in [4.69, 9.17) is 27.9 Å². The minimum atomic E-state index is -0.0331. The third-order valence-electron chi connectivity index (χ3n) is 4.03. The zero-order valence-electron chi connectivity index (χ0n) is 14.8. The van der Waals surface area contributed by atoms with Crippen molar-refractivity contribution >= 4 is 35.1 Å². The first-order valence-electron chi connectivity index (χ1n) is 8.47. The maximum Gasteiger partial charge on any atom is 0.185 e. The van der Waals surface area contributed by atoms with Gasteiger partial charge >= 0.3 is 0 Å². The fraction of sp³-hybridized carbons (Fsp3) is 0.0870. The number of rotatable bonds is 6. The molecule has 0 atom stereocenters. The van der Waals surface area contributed by atoms with E-state index < -0.39 is 0 Å². The van der Waals surface area contributed by atoms with Crippen LogP contribution in [-0.2, 0) is 6.61 Å². The molecule has 0 spiro atoms. The fourth-order valence-corrected chi connectivity index (χ4v) is 2.96. The van der Waals surface area contributed by atoms with Crippen molar-refractivity contribution in [2.75, 3.05) is 0 Å². The molecule has 4 heteroatoms. The largest absolute Gasteiger partial charge is 0.489 e. The molecule has 0 saturated carbocycles. The molecule has 0 bridgehead atoms. The molecular weight excluding hydrogens is 379 g/mol. The van der Waals surface area contributed by atoms with E-state index in [1.807, 2.05) is 61.5 Å². The van der Waals surface area contributed by atoms with E-state index in [1.165, 1.54) is 0 Å². The lowest BCUT2D eigenvalue weighted by Gasteiger charge is -2.08. The Balaban J connectivity index is 1.66. The van der Waals surface area contributed by atoms with E-state index in [9.17, 15) is 4.79 Å². The van der Waals surface area contributed by atoms with E-state index in [-0.39, 0.29) is 5.78 Å². The average Bonchev–Trinajstić information content (AvgIpc) is 2.66. The number of aryl methyl sites for hydroxylation is 1. The molecular formula is C23H18Cl2O2. The second kappa shape index (κ2) is 8.90.